The number of carboxylic acids is 1. The van der Waals surface area contributed by atoms with Crippen LogP contribution in [-0.2, 0) is 11.3 Å². The van der Waals surface area contributed by atoms with Crippen molar-refractivity contribution in [1.82, 2.24) is 9.55 Å². The number of anilines is 1. The highest BCUT2D eigenvalue weighted by atomic mass is 16.4. The van der Waals surface area contributed by atoms with Crippen LogP contribution in [0.2, 0.25) is 0 Å². The van der Waals surface area contributed by atoms with Gasteiger partial charge >= 0.3 is 5.97 Å². The summed E-state index contributed by atoms with van der Waals surface area (Å²) in [6, 6.07) is 7.93. The van der Waals surface area contributed by atoms with Crippen LogP contribution in [-0.4, -0.2) is 34.2 Å². The number of aromatic nitrogens is 2. The molecular formula is C13H17N3O2. The van der Waals surface area contributed by atoms with Gasteiger partial charge in [-0.2, -0.15) is 0 Å². The maximum absolute atomic E-state index is 10.6. The number of hydrogen-bond donors (Lipinski definition) is 1. The molecule has 0 saturated carbocycles. The van der Waals surface area contributed by atoms with E-state index in [0.717, 1.165) is 23.5 Å². The molecule has 0 fully saturated rings. The van der Waals surface area contributed by atoms with E-state index in [1.807, 2.05) is 36.2 Å². The molecule has 0 radical (unpaired) electrons. The smallest absolute Gasteiger partial charge is 0.305 e. The van der Waals surface area contributed by atoms with Crippen LogP contribution in [0.5, 0.6) is 0 Å². The van der Waals surface area contributed by atoms with Crippen LogP contribution in [0.1, 0.15) is 13.3 Å². The molecule has 2 aromatic rings. The summed E-state index contributed by atoms with van der Waals surface area (Å²) in [5, 5.41) is 8.72. The highest BCUT2D eigenvalue weighted by Gasteiger charge is 2.13. The molecule has 0 aliphatic heterocycles. The van der Waals surface area contributed by atoms with E-state index in [2.05, 4.69) is 16.5 Å². The van der Waals surface area contributed by atoms with Gasteiger partial charge in [0.05, 0.1) is 17.5 Å². The first-order chi connectivity index (χ1) is 8.63. The fourth-order valence-electron chi connectivity index (χ4n) is 2.03. The molecule has 2 rings (SSSR count). The molecule has 0 aliphatic rings. The van der Waals surface area contributed by atoms with Crippen LogP contribution in [0.4, 0.5) is 5.95 Å². The van der Waals surface area contributed by atoms with Crippen molar-refractivity contribution in [2.75, 3.05) is 18.5 Å². The zero-order chi connectivity index (χ0) is 13.1. The second kappa shape index (κ2) is 5.08. The molecule has 5 nitrogen and oxygen atoms in total. The minimum absolute atomic E-state index is 0.115. The number of hydrogen-bond acceptors (Lipinski definition) is 3. The number of aliphatic carboxylic acids is 1. The topological polar surface area (TPSA) is 58.4 Å². The first-order valence-electron chi connectivity index (χ1n) is 6.01. The van der Waals surface area contributed by atoms with Gasteiger partial charge in [-0.15, -0.1) is 0 Å². The Morgan fingerprint density at radius 1 is 1.44 bits per heavy atom. The maximum atomic E-state index is 10.6. The molecule has 96 valence electrons. The highest BCUT2D eigenvalue weighted by molar-refractivity contribution is 5.78. The second-order valence-corrected chi connectivity index (χ2v) is 4.21. The van der Waals surface area contributed by atoms with Crippen molar-refractivity contribution < 1.29 is 9.90 Å². The van der Waals surface area contributed by atoms with Gasteiger partial charge < -0.3 is 14.6 Å². The van der Waals surface area contributed by atoms with Crippen LogP contribution >= 0.6 is 0 Å². The summed E-state index contributed by atoms with van der Waals surface area (Å²) >= 11 is 0. The quantitative estimate of drug-likeness (QED) is 0.877. The molecule has 5 heteroatoms. The molecule has 18 heavy (non-hydrogen) atoms. The lowest BCUT2D eigenvalue weighted by atomic mass is 10.3. The Labute approximate surface area is 106 Å². The molecule has 0 saturated heterocycles. The van der Waals surface area contributed by atoms with Crippen molar-refractivity contribution in [2.45, 2.75) is 19.9 Å². The summed E-state index contributed by atoms with van der Waals surface area (Å²) in [6.45, 7) is 3.33. The largest absolute Gasteiger partial charge is 0.481 e. The number of carboxylic acid groups (broad SMARTS) is 1. The van der Waals surface area contributed by atoms with Crippen LogP contribution in [0.15, 0.2) is 24.3 Å². The number of aryl methyl sites for hydroxylation is 1. The fraction of sp³-hybridized carbons (Fsp3) is 0.385. The van der Waals surface area contributed by atoms with Gasteiger partial charge in [0.25, 0.3) is 0 Å². The number of nitrogens with zero attached hydrogens (tertiary/aromatic N) is 3. The summed E-state index contributed by atoms with van der Waals surface area (Å²) in [6.07, 6.45) is 0.115. The van der Waals surface area contributed by atoms with Crippen molar-refractivity contribution in [1.29, 1.82) is 0 Å². The Balaban J connectivity index is 2.34. The van der Waals surface area contributed by atoms with E-state index in [1.165, 1.54) is 0 Å². The number of benzene rings is 1. The van der Waals surface area contributed by atoms with Crippen LogP contribution in [0, 0.1) is 0 Å². The van der Waals surface area contributed by atoms with Gasteiger partial charge in [0.2, 0.25) is 5.95 Å². The van der Waals surface area contributed by atoms with Crippen molar-refractivity contribution in [3.8, 4) is 0 Å². The van der Waals surface area contributed by atoms with Crippen LogP contribution in [0.25, 0.3) is 11.0 Å². The predicted molar refractivity (Wildman–Crippen MR) is 70.9 cm³/mol. The Hall–Kier alpha value is -2.04. The Bertz CT molecular complexity index is 562. The predicted octanol–water partition coefficient (Wildman–Crippen LogP) is 1.97. The maximum Gasteiger partial charge on any atom is 0.305 e. The first kappa shape index (κ1) is 12.4. The molecule has 0 unspecified atom stereocenters. The second-order valence-electron chi connectivity index (χ2n) is 4.21. The van der Waals surface area contributed by atoms with E-state index in [1.54, 1.807) is 0 Å². The van der Waals surface area contributed by atoms with E-state index >= 15 is 0 Å². The third-order valence-corrected chi connectivity index (χ3v) is 2.95. The van der Waals surface area contributed by atoms with E-state index in [9.17, 15) is 4.79 Å². The molecule has 0 atom stereocenters. The first-order valence-corrected chi connectivity index (χ1v) is 6.01. The normalized spacial score (nSPS) is 10.8. The molecular weight excluding hydrogens is 230 g/mol. The number of carbonyl (C=O) groups is 1. The van der Waals surface area contributed by atoms with Gasteiger partial charge in [-0.3, -0.25) is 4.79 Å². The minimum Gasteiger partial charge on any atom is -0.481 e. The third-order valence-electron chi connectivity index (χ3n) is 2.95. The molecule has 1 aromatic heterocycles. The third kappa shape index (κ3) is 2.30. The average molecular weight is 247 g/mol. The van der Waals surface area contributed by atoms with Gasteiger partial charge in [0, 0.05) is 20.1 Å². The molecule has 0 spiro atoms. The van der Waals surface area contributed by atoms with Crippen molar-refractivity contribution in [3.05, 3.63) is 24.3 Å². The standard InChI is InChI=1S/C13H17N3O2/c1-3-16-11-7-5-4-6-10(11)14-13(16)15(2)9-8-12(17)18/h4-7H,3,8-9H2,1-2H3,(H,17,18). The Kier molecular flexibility index (Phi) is 3.50. The van der Waals surface area contributed by atoms with Crippen molar-refractivity contribution in [2.24, 2.45) is 0 Å². The van der Waals surface area contributed by atoms with Gasteiger partial charge in [-0.1, -0.05) is 12.1 Å². The van der Waals surface area contributed by atoms with E-state index in [0.29, 0.717) is 6.54 Å². The van der Waals surface area contributed by atoms with Crippen molar-refractivity contribution >= 4 is 23.0 Å². The van der Waals surface area contributed by atoms with E-state index < -0.39 is 5.97 Å². The van der Waals surface area contributed by atoms with Gasteiger partial charge in [0.1, 0.15) is 0 Å². The molecule has 1 heterocycles. The summed E-state index contributed by atoms with van der Waals surface area (Å²) < 4.78 is 2.09. The van der Waals surface area contributed by atoms with Crippen molar-refractivity contribution in [3.63, 3.8) is 0 Å². The van der Waals surface area contributed by atoms with Gasteiger partial charge in [0.15, 0.2) is 0 Å². The number of rotatable bonds is 5. The molecule has 0 bridgehead atoms. The number of fused-ring (bicyclic) bond motifs is 1. The lowest BCUT2D eigenvalue weighted by Gasteiger charge is -2.18. The Morgan fingerprint density at radius 2 is 2.17 bits per heavy atom. The lowest BCUT2D eigenvalue weighted by molar-refractivity contribution is -0.136. The average Bonchev–Trinajstić information content (AvgIpc) is 2.74. The summed E-state index contributed by atoms with van der Waals surface area (Å²) in [5.41, 5.74) is 2.02. The minimum atomic E-state index is -0.791. The molecule has 0 aliphatic carbocycles. The number of imidazole rings is 1. The van der Waals surface area contributed by atoms with E-state index in [-0.39, 0.29) is 6.42 Å². The highest BCUT2D eigenvalue weighted by Crippen LogP contribution is 2.21. The van der Waals surface area contributed by atoms with Gasteiger partial charge in [-0.25, -0.2) is 4.98 Å². The van der Waals surface area contributed by atoms with Crippen LogP contribution in [0.3, 0.4) is 0 Å². The number of para-hydroxylation sites is 2. The molecule has 1 aromatic carbocycles. The Morgan fingerprint density at radius 3 is 2.83 bits per heavy atom. The summed E-state index contributed by atoms with van der Waals surface area (Å²) in [5.74, 6) is 0.0287. The fourth-order valence-corrected chi connectivity index (χ4v) is 2.03. The molecule has 0 amide bonds. The summed E-state index contributed by atoms with van der Waals surface area (Å²) in [7, 11) is 1.87. The zero-order valence-electron chi connectivity index (χ0n) is 10.6. The van der Waals surface area contributed by atoms with E-state index in [4.69, 9.17) is 5.11 Å². The van der Waals surface area contributed by atoms with Gasteiger partial charge in [-0.05, 0) is 19.1 Å². The SMILES string of the molecule is CCn1c(N(C)CCC(=O)O)nc2ccccc21. The lowest BCUT2D eigenvalue weighted by Crippen LogP contribution is -2.24. The summed E-state index contributed by atoms with van der Waals surface area (Å²) in [4.78, 5) is 17.1. The molecule has 1 N–H and O–H groups in total. The van der Waals surface area contributed by atoms with Crippen LogP contribution < -0.4 is 4.90 Å². The zero-order valence-corrected chi connectivity index (χ0v) is 10.6. The monoisotopic (exact) mass is 247 g/mol.